The van der Waals surface area contributed by atoms with Gasteiger partial charge < -0.3 is 31.3 Å². The summed E-state index contributed by atoms with van der Waals surface area (Å²) in [5.41, 5.74) is 13.2. The third-order valence-electron chi connectivity index (χ3n) is 6.18. The minimum atomic E-state index is -1.22. The molecule has 3 aromatic heterocycles. The van der Waals surface area contributed by atoms with Crippen LogP contribution in [-0.4, -0.2) is 83.2 Å². The molecule has 0 aromatic carbocycles. The maximum atomic E-state index is 13.1. The Hall–Kier alpha value is -4.09. The molecule has 0 aliphatic carbocycles. The van der Waals surface area contributed by atoms with Crippen molar-refractivity contribution in [1.29, 1.82) is 0 Å². The quantitative estimate of drug-likeness (QED) is 0.0990. The molecule has 39 heavy (non-hydrogen) atoms. The Morgan fingerprint density at radius 3 is 2.92 bits per heavy atom. The summed E-state index contributed by atoms with van der Waals surface area (Å²) >= 11 is 2.24. The van der Waals surface area contributed by atoms with Crippen LogP contribution in [0.2, 0.25) is 0 Å². The van der Waals surface area contributed by atoms with E-state index < -0.39 is 29.2 Å². The third-order valence-corrected chi connectivity index (χ3v) is 8.07. The molecular weight excluding hydrogens is 548 g/mol. The number of anilines is 1. The number of pyridine rings is 1. The van der Waals surface area contributed by atoms with E-state index >= 15 is 0 Å². The summed E-state index contributed by atoms with van der Waals surface area (Å²) in [5.74, 6) is -2.19. The van der Waals surface area contributed by atoms with Gasteiger partial charge in [0.25, 0.3) is 11.8 Å². The number of hydrogen-bond acceptors (Lipinski definition) is 12. The Balaban J connectivity index is 1.33. The van der Waals surface area contributed by atoms with Gasteiger partial charge >= 0.3 is 5.97 Å². The predicted octanol–water partition coefficient (Wildman–Crippen LogP) is -1.10. The Morgan fingerprint density at radius 1 is 1.41 bits per heavy atom. The number of carbonyl (C=O) groups excluding carboxylic acids is 2. The molecule has 15 nitrogen and oxygen atoms in total. The van der Waals surface area contributed by atoms with Crippen molar-refractivity contribution in [2.75, 3.05) is 25.1 Å². The lowest BCUT2D eigenvalue weighted by Gasteiger charge is -2.49. The second-order valence-electron chi connectivity index (χ2n) is 8.66. The number of nitrogens with zero attached hydrogens (tertiary/aromatic N) is 7. The fraction of sp³-hybridized carbons (Fsp3) is 0.364. The lowest BCUT2D eigenvalue weighted by Crippen LogP contribution is -2.71. The number of carboxylic acid groups (broad SMARTS) is 1. The van der Waals surface area contributed by atoms with Crippen LogP contribution in [0.25, 0.3) is 11.0 Å². The molecule has 1 saturated heterocycles. The number of rotatable bonds is 10. The minimum Gasteiger partial charge on any atom is -0.477 e. The van der Waals surface area contributed by atoms with E-state index in [9.17, 15) is 19.5 Å². The highest BCUT2D eigenvalue weighted by molar-refractivity contribution is 8.00. The SMILES string of the molecule is CO/N=C(/C(=O)NC1C(=O)N2C(C(=O)O)=C(C[n+]3ccc4c(c3)ncn4CCCN)CSC12)c1nsc(N)n1. The van der Waals surface area contributed by atoms with Gasteiger partial charge in [-0.1, -0.05) is 5.16 Å². The largest absolute Gasteiger partial charge is 0.477 e. The van der Waals surface area contributed by atoms with Gasteiger partial charge in [0, 0.05) is 35.5 Å². The molecule has 2 atom stereocenters. The monoisotopic (exact) mass is 573 g/mol. The number of aryl methyl sites for hydroxylation is 1. The van der Waals surface area contributed by atoms with Crippen LogP contribution in [0.5, 0.6) is 0 Å². The van der Waals surface area contributed by atoms with Gasteiger partial charge in [0.2, 0.25) is 11.5 Å². The van der Waals surface area contributed by atoms with Gasteiger partial charge in [0.15, 0.2) is 29.6 Å². The number of oxime groups is 1. The van der Waals surface area contributed by atoms with Crippen LogP contribution in [0, 0.1) is 0 Å². The Labute approximate surface area is 229 Å². The standard InChI is InChI=1S/C22H24N10O5S2/c1-37-28-14(17-27-22(24)39-29-17)18(33)26-15-19(34)32-16(21(35)36)11(9-38-20(15)32)7-30-6-3-13-12(8-30)25-10-31(13)5-2-4-23/h3,6,8,10,15,20H,2,4-5,7,9,23H2,1H3,(H3-,24,26,27,29,33,35,36)/p+1/b28-14+. The lowest BCUT2D eigenvalue weighted by molar-refractivity contribution is -0.687. The highest BCUT2D eigenvalue weighted by atomic mass is 32.2. The zero-order valence-corrected chi connectivity index (χ0v) is 22.3. The molecule has 204 valence electrons. The highest BCUT2D eigenvalue weighted by Crippen LogP contribution is 2.40. The molecule has 0 radical (unpaired) electrons. The maximum absolute atomic E-state index is 13.1. The van der Waals surface area contributed by atoms with Gasteiger partial charge in [-0.3, -0.25) is 14.5 Å². The van der Waals surface area contributed by atoms with Crippen molar-refractivity contribution in [3.05, 3.63) is 41.9 Å². The molecule has 2 aliphatic rings. The average Bonchev–Trinajstić information content (AvgIpc) is 3.54. The Morgan fingerprint density at radius 2 is 2.23 bits per heavy atom. The van der Waals surface area contributed by atoms with Gasteiger partial charge in [0.05, 0.1) is 11.8 Å². The van der Waals surface area contributed by atoms with Gasteiger partial charge in [-0.15, -0.1) is 11.8 Å². The van der Waals surface area contributed by atoms with Gasteiger partial charge in [0.1, 0.15) is 24.2 Å². The van der Waals surface area contributed by atoms with Crippen LogP contribution in [0.1, 0.15) is 12.2 Å². The number of nitrogens with two attached hydrogens (primary N) is 2. The third kappa shape index (κ3) is 5.02. The van der Waals surface area contributed by atoms with E-state index in [1.54, 1.807) is 6.33 Å². The molecule has 1 fully saturated rings. The number of nitrogens with one attached hydrogen (secondary N) is 1. The normalized spacial score (nSPS) is 19.2. The van der Waals surface area contributed by atoms with Crippen molar-refractivity contribution in [2.45, 2.75) is 30.9 Å². The first-order valence-corrected chi connectivity index (χ1v) is 13.6. The van der Waals surface area contributed by atoms with E-state index in [-0.39, 0.29) is 28.9 Å². The maximum Gasteiger partial charge on any atom is 0.352 e. The Bertz CT molecular complexity index is 1520. The molecule has 6 N–H and O–H groups in total. The zero-order chi connectivity index (χ0) is 27.7. The first-order valence-electron chi connectivity index (χ1n) is 11.8. The summed E-state index contributed by atoms with van der Waals surface area (Å²) in [6.07, 6.45) is 6.27. The summed E-state index contributed by atoms with van der Waals surface area (Å²) in [4.78, 5) is 52.6. The zero-order valence-electron chi connectivity index (χ0n) is 20.7. The van der Waals surface area contributed by atoms with Crippen molar-refractivity contribution in [3.8, 4) is 0 Å². The molecule has 5 rings (SSSR count). The van der Waals surface area contributed by atoms with Gasteiger partial charge in [-0.2, -0.15) is 13.9 Å². The molecule has 0 saturated carbocycles. The Kier molecular flexibility index (Phi) is 7.45. The second kappa shape index (κ2) is 11.0. The number of aromatic nitrogens is 5. The number of fused-ring (bicyclic) bond motifs is 2. The molecular formula is C22H25N10O5S2+. The second-order valence-corrected chi connectivity index (χ2v) is 10.6. The van der Waals surface area contributed by atoms with Crippen LogP contribution in [0.15, 0.2) is 41.2 Å². The molecule has 2 unspecified atom stereocenters. The number of imidazole rings is 1. The van der Waals surface area contributed by atoms with Gasteiger partial charge in [-0.25, -0.2) is 9.78 Å². The molecule has 0 bridgehead atoms. The van der Waals surface area contributed by atoms with Crippen molar-refractivity contribution >= 4 is 63.0 Å². The van der Waals surface area contributed by atoms with E-state index in [1.165, 1.54) is 23.8 Å². The van der Waals surface area contributed by atoms with Crippen LogP contribution < -0.4 is 21.4 Å². The summed E-state index contributed by atoms with van der Waals surface area (Å²) in [6, 6.07) is 0.959. The molecule has 5 heterocycles. The summed E-state index contributed by atoms with van der Waals surface area (Å²) in [7, 11) is 1.25. The van der Waals surface area contributed by atoms with Crippen LogP contribution in [0.3, 0.4) is 0 Å². The fourth-order valence-corrected chi connectivity index (χ4v) is 6.20. The smallest absolute Gasteiger partial charge is 0.352 e. The first kappa shape index (κ1) is 26.5. The van der Waals surface area contributed by atoms with E-state index in [0.29, 0.717) is 17.9 Å². The number of nitrogen functional groups attached to an aromatic ring is 1. The highest BCUT2D eigenvalue weighted by Gasteiger charge is 2.55. The van der Waals surface area contributed by atoms with Crippen LogP contribution in [-0.2, 0) is 32.3 Å². The fourth-order valence-electron chi connectivity index (χ4n) is 4.43. The first-order chi connectivity index (χ1) is 18.8. The predicted molar refractivity (Wildman–Crippen MR) is 141 cm³/mol. The topological polar surface area (TPSA) is 208 Å². The number of carbonyl (C=O) groups is 3. The number of carboxylic acids is 1. The van der Waals surface area contributed by atoms with Crippen molar-refractivity contribution in [3.63, 3.8) is 0 Å². The van der Waals surface area contributed by atoms with E-state index in [1.807, 2.05) is 27.6 Å². The number of amides is 2. The summed E-state index contributed by atoms with van der Waals surface area (Å²) < 4.78 is 7.82. The van der Waals surface area contributed by atoms with Crippen LogP contribution in [0.4, 0.5) is 5.13 Å². The van der Waals surface area contributed by atoms with Crippen molar-refractivity contribution in [2.24, 2.45) is 10.9 Å². The average molecular weight is 574 g/mol. The van der Waals surface area contributed by atoms with Crippen molar-refractivity contribution < 1.29 is 28.9 Å². The summed E-state index contributed by atoms with van der Waals surface area (Å²) in [6.45, 7) is 1.59. The lowest BCUT2D eigenvalue weighted by atomic mass is 10.0. The number of β-lactam (4-membered cyclic amide) rings is 1. The molecule has 2 amide bonds. The molecule has 0 spiro atoms. The molecule has 3 aromatic rings. The van der Waals surface area contributed by atoms with E-state index in [2.05, 4.69) is 24.8 Å². The molecule has 17 heteroatoms. The van der Waals surface area contributed by atoms with E-state index in [0.717, 1.165) is 35.5 Å². The number of thioether (sulfide) groups is 1. The summed E-state index contributed by atoms with van der Waals surface area (Å²) in [5, 5.41) is 15.8. The van der Waals surface area contributed by atoms with Crippen molar-refractivity contribution in [1.82, 2.24) is 29.1 Å². The van der Waals surface area contributed by atoms with Gasteiger partial charge in [-0.05, 0) is 13.0 Å². The van der Waals surface area contributed by atoms with Crippen LogP contribution >= 0.6 is 23.3 Å². The van der Waals surface area contributed by atoms with E-state index in [4.69, 9.17) is 16.3 Å². The minimum absolute atomic E-state index is 0.0385. The number of hydrogen-bond donors (Lipinski definition) is 4. The number of aliphatic carboxylic acids is 1. The molecule has 2 aliphatic heterocycles.